The minimum Gasteiger partial charge on any atom is -0.489 e. The van der Waals surface area contributed by atoms with Crippen molar-refractivity contribution in [2.45, 2.75) is 13.0 Å². The van der Waals surface area contributed by atoms with Crippen molar-refractivity contribution in [3.63, 3.8) is 0 Å². The molecule has 0 unspecified atom stereocenters. The average molecular weight is 323 g/mol. The molecule has 0 bridgehead atoms. The van der Waals surface area contributed by atoms with E-state index in [1.807, 2.05) is 12.1 Å². The van der Waals surface area contributed by atoms with Crippen LogP contribution in [0.3, 0.4) is 0 Å². The van der Waals surface area contributed by atoms with Gasteiger partial charge in [0.15, 0.2) is 0 Å². The van der Waals surface area contributed by atoms with Crippen LogP contribution in [0, 0.1) is 17.7 Å². The first-order valence-corrected chi connectivity index (χ1v) is 7.32. The number of ether oxygens (including phenoxy) is 1. The highest BCUT2D eigenvalue weighted by Gasteiger charge is 2.07. The van der Waals surface area contributed by atoms with E-state index in [9.17, 15) is 4.39 Å². The number of alkyl halides is 1. The van der Waals surface area contributed by atoms with Crippen molar-refractivity contribution in [1.29, 1.82) is 0 Å². The minimum absolute atomic E-state index is 0.0861. The molecule has 0 radical (unpaired) electrons. The van der Waals surface area contributed by atoms with Gasteiger partial charge in [0.25, 0.3) is 0 Å². The van der Waals surface area contributed by atoms with Crippen LogP contribution in [0.15, 0.2) is 42.5 Å². The molecule has 0 aliphatic heterocycles. The largest absolute Gasteiger partial charge is 0.489 e. The van der Waals surface area contributed by atoms with Gasteiger partial charge < -0.3 is 4.74 Å². The second kappa shape index (κ2) is 7.93. The summed E-state index contributed by atoms with van der Waals surface area (Å²) in [4.78, 5) is 0. The second-order valence-corrected chi connectivity index (χ2v) is 5.04. The van der Waals surface area contributed by atoms with Crippen molar-refractivity contribution in [2.24, 2.45) is 0 Å². The molecule has 108 valence electrons. The molecule has 4 heteroatoms. The summed E-state index contributed by atoms with van der Waals surface area (Å²) in [5.41, 5.74) is 1.24. The summed E-state index contributed by atoms with van der Waals surface area (Å²) >= 11 is 11.5. The van der Waals surface area contributed by atoms with Crippen LogP contribution in [0.4, 0.5) is 4.39 Å². The van der Waals surface area contributed by atoms with Crippen LogP contribution >= 0.6 is 23.2 Å². The van der Waals surface area contributed by atoms with Crippen LogP contribution in [0.5, 0.6) is 5.75 Å². The summed E-state index contributed by atoms with van der Waals surface area (Å²) in [5.74, 6) is 6.74. The molecular formula is C17H13Cl2FO. The normalized spacial score (nSPS) is 9.86. The molecule has 0 N–H and O–H groups in total. The quantitative estimate of drug-likeness (QED) is 0.566. The van der Waals surface area contributed by atoms with Gasteiger partial charge in [0.2, 0.25) is 0 Å². The Kier molecular flexibility index (Phi) is 5.92. The molecule has 0 atom stereocenters. The van der Waals surface area contributed by atoms with Gasteiger partial charge in [-0.1, -0.05) is 29.5 Å². The second-order valence-electron chi connectivity index (χ2n) is 4.25. The number of rotatable bonds is 4. The molecule has 21 heavy (non-hydrogen) atoms. The van der Waals surface area contributed by atoms with E-state index in [1.165, 1.54) is 6.07 Å². The average Bonchev–Trinajstić information content (AvgIpc) is 2.48. The maximum Gasteiger partial charge on any atom is 0.131 e. The van der Waals surface area contributed by atoms with Gasteiger partial charge in [0, 0.05) is 23.4 Å². The first kappa shape index (κ1) is 15.7. The highest BCUT2D eigenvalue weighted by Crippen LogP contribution is 2.21. The van der Waals surface area contributed by atoms with Crippen molar-refractivity contribution < 1.29 is 9.13 Å². The number of hydrogen-bond acceptors (Lipinski definition) is 1. The minimum atomic E-state index is -0.369. The van der Waals surface area contributed by atoms with Gasteiger partial charge in [-0.3, -0.25) is 0 Å². The molecule has 0 saturated heterocycles. The Morgan fingerprint density at radius 2 is 1.86 bits per heavy atom. The smallest absolute Gasteiger partial charge is 0.131 e. The van der Waals surface area contributed by atoms with E-state index in [1.54, 1.807) is 24.3 Å². The number of benzene rings is 2. The summed E-state index contributed by atoms with van der Waals surface area (Å²) in [6.07, 6.45) is 0.658. The van der Waals surface area contributed by atoms with Crippen LogP contribution in [0.1, 0.15) is 17.5 Å². The lowest BCUT2D eigenvalue weighted by molar-refractivity contribution is 0.300. The summed E-state index contributed by atoms with van der Waals surface area (Å²) in [6, 6.07) is 11.8. The van der Waals surface area contributed by atoms with E-state index >= 15 is 0 Å². The fraction of sp³-hybridized carbons (Fsp3) is 0.176. The Hall–Kier alpha value is -1.69. The van der Waals surface area contributed by atoms with Crippen molar-refractivity contribution in [3.05, 3.63) is 64.4 Å². The Morgan fingerprint density at radius 1 is 1.10 bits per heavy atom. The highest BCUT2D eigenvalue weighted by atomic mass is 35.5. The van der Waals surface area contributed by atoms with Crippen molar-refractivity contribution in [2.75, 3.05) is 5.88 Å². The first-order valence-electron chi connectivity index (χ1n) is 6.41. The Morgan fingerprint density at radius 3 is 2.52 bits per heavy atom. The molecule has 0 fully saturated rings. The van der Waals surface area contributed by atoms with E-state index in [0.717, 1.165) is 5.56 Å². The lowest BCUT2D eigenvalue weighted by atomic mass is 10.2. The van der Waals surface area contributed by atoms with Crippen LogP contribution in [-0.2, 0) is 6.61 Å². The van der Waals surface area contributed by atoms with Crippen molar-refractivity contribution in [3.8, 4) is 17.6 Å². The van der Waals surface area contributed by atoms with E-state index in [0.29, 0.717) is 28.6 Å². The van der Waals surface area contributed by atoms with Gasteiger partial charge in [0.05, 0.1) is 5.02 Å². The third-order valence-corrected chi connectivity index (χ3v) is 3.29. The molecule has 0 saturated carbocycles. The molecule has 0 aromatic heterocycles. The molecule has 1 nitrogen and oxygen atoms in total. The van der Waals surface area contributed by atoms with Crippen molar-refractivity contribution >= 4 is 23.2 Å². The number of halogens is 3. The monoisotopic (exact) mass is 322 g/mol. The molecule has 2 aromatic rings. The first-order chi connectivity index (χ1) is 10.2. The van der Waals surface area contributed by atoms with E-state index < -0.39 is 0 Å². The van der Waals surface area contributed by atoms with Crippen molar-refractivity contribution in [1.82, 2.24) is 0 Å². The standard InChI is InChI=1S/C17H13Cl2FO/c18-11-2-1-4-13-7-9-14(10-8-13)21-12-15-16(19)5-3-6-17(15)20/h3,5-10H,2,11-12H2. The highest BCUT2D eigenvalue weighted by molar-refractivity contribution is 6.31. The Labute approximate surface area is 133 Å². The van der Waals surface area contributed by atoms with Gasteiger partial charge in [0.1, 0.15) is 18.2 Å². The molecular weight excluding hydrogens is 310 g/mol. The molecule has 2 aromatic carbocycles. The Bertz CT molecular complexity index is 636. The van der Waals surface area contributed by atoms with E-state index in [-0.39, 0.29) is 12.4 Å². The van der Waals surface area contributed by atoms with E-state index in [2.05, 4.69) is 11.8 Å². The fourth-order valence-electron chi connectivity index (χ4n) is 1.67. The van der Waals surface area contributed by atoms with Gasteiger partial charge in [-0.05, 0) is 36.4 Å². The molecule has 0 spiro atoms. The third-order valence-electron chi connectivity index (χ3n) is 2.75. The van der Waals surface area contributed by atoms with Crippen LogP contribution in [0.25, 0.3) is 0 Å². The zero-order chi connectivity index (χ0) is 15.1. The summed E-state index contributed by atoms with van der Waals surface area (Å²) < 4.78 is 19.1. The summed E-state index contributed by atoms with van der Waals surface area (Å²) in [6.45, 7) is 0.0861. The summed E-state index contributed by atoms with van der Waals surface area (Å²) in [7, 11) is 0. The maximum absolute atomic E-state index is 13.6. The van der Waals surface area contributed by atoms with Gasteiger partial charge in [-0.25, -0.2) is 4.39 Å². The van der Waals surface area contributed by atoms with Gasteiger partial charge in [-0.2, -0.15) is 0 Å². The lowest BCUT2D eigenvalue weighted by Gasteiger charge is -2.08. The van der Waals surface area contributed by atoms with Crippen LogP contribution in [-0.4, -0.2) is 5.88 Å². The molecule has 2 rings (SSSR count). The zero-order valence-electron chi connectivity index (χ0n) is 11.2. The summed E-state index contributed by atoms with van der Waals surface area (Å²) in [5, 5.41) is 0.360. The molecule has 0 amide bonds. The fourth-order valence-corrected chi connectivity index (χ4v) is 1.98. The molecule has 0 aliphatic rings. The number of hydrogen-bond donors (Lipinski definition) is 0. The van der Waals surface area contributed by atoms with Gasteiger partial charge >= 0.3 is 0 Å². The Balaban J connectivity index is 2.00. The predicted octanol–water partition coefficient (Wildman–Crippen LogP) is 5.04. The predicted molar refractivity (Wildman–Crippen MR) is 84.4 cm³/mol. The zero-order valence-corrected chi connectivity index (χ0v) is 12.7. The van der Waals surface area contributed by atoms with E-state index in [4.69, 9.17) is 27.9 Å². The third kappa shape index (κ3) is 4.67. The SMILES string of the molecule is Fc1cccc(Cl)c1COc1ccc(C#CCCCl)cc1. The van der Waals surface area contributed by atoms with Crippen LogP contribution in [0.2, 0.25) is 5.02 Å². The van der Waals surface area contributed by atoms with Crippen LogP contribution < -0.4 is 4.74 Å². The topological polar surface area (TPSA) is 9.23 Å². The van der Waals surface area contributed by atoms with Gasteiger partial charge in [-0.15, -0.1) is 11.6 Å². The molecule has 0 heterocycles. The maximum atomic E-state index is 13.6. The molecule has 0 aliphatic carbocycles. The lowest BCUT2D eigenvalue weighted by Crippen LogP contribution is -1.99.